The molecule has 0 spiro atoms. The highest BCUT2D eigenvalue weighted by atomic mass is 19.1. The number of aromatic nitrogens is 2. The van der Waals surface area contributed by atoms with Crippen LogP contribution in [0, 0.1) is 17.1 Å². The van der Waals surface area contributed by atoms with E-state index in [0.29, 0.717) is 23.6 Å². The van der Waals surface area contributed by atoms with Crippen molar-refractivity contribution in [2.75, 3.05) is 26.2 Å². The third kappa shape index (κ3) is 5.41. The second kappa shape index (κ2) is 11.4. The van der Waals surface area contributed by atoms with E-state index in [1.807, 2.05) is 33.8 Å². The number of nitrogens with zero attached hydrogens (tertiary/aromatic N) is 5. The van der Waals surface area contributed by atoms with E-state index in [4.69, 9.17) is 0 Å². The van der Waals surface area contributed by atoms with Gasteiger partial charge >= 0.3 is 0 Å². The van der Waals surface area contributed by atoms with Gasteiger partial charge in [0, 0.05) is 31.5 Å². The number of nitriles is 1. The highest BCUT2D eigenvalue weighted by molar-refractivity contribution is 5.95. The standard InChI is InChI=1S/C33H32FN5O/c34-29-9-11-30(12-10-29)39-32(27-13-16-37(17-14-27)22-25-6-4-5-24(19-25)20-35)31(21-36-39)33(40)38-18-15-28(23-38)26-7-2-1-3-8-26/h1-12,19,21,27-28H,13-18,22-23H2. The molecule has 3 aromatic carbocycles. The highest BCUT2D eigenvalue weighted by Crippen LogP contribution is 2.35. The minimum absolute atomic E-state index is 0.0255. The van der Waals surface area contributed by atoms with Crippen LogP contribution in [0.25, 0.3) is 5.69 Å². The number of benzene rings is 3. The number of hydrogen-bond donors (Lipinski definition) is 0. The minimum Gasteiger partial charge on any atom is -0.338 e. The van der Waals surface area contributed by atoms with Crippen LogP contribution >= 0.6 is 0 Å². The van der Waals surface area contributed by atoms with Crippen LogP contribution in [0.4, 0.5) is 4.39 Å². The quantitative estimate of drug-likeness (QED) is 0.310. The molecule has 0 N–H and O–H groups in total. The van der Waals surface area contributed by atoms with Gasteiger partial charge in [-0.1, -0.05) is 42.5 Å². The molecule has 2 aliphatic rings. The van der Waals surface area contributed by atoms with Gasteiger partial charge in [0.05, 0.1) is 34.8 Å². The molecular weight excluding hydrogens is 501 g/mol. The molecule has 1 aromatic heterocycles. The van der Waals surface area contributed by atoms with Gasteiger partial charge in [0.25, 0.3) is 5.91 Å². The van der Waals surface area contributed by atoms with Crippen molar-refractivity contribution in [3.05, 3.63) is 119 Å². The molecule has 6 rings (SSSR count). The molecule has 202 valence electrons. The van der Waals surface area contributed by atoms with Crippen molar-refractivity contribution >= 4 is 5.91 Å². The van der Waals surface area contributed by atoms with E-state index < -0.39 is 0 Å². The molecule has 0 radical (unpaired) electrons. The lowest BCUT2D eigenvalue weighted by atomic mass is 9.90. The number of rotatable bonds is 6. The summed E-state index contributed by atoms with van der Waals surface area (Å²) in [6.45, 7) is 3.97. The van der Waals surface area contributed by atoms with Crippen molar-refractivity contribution in [3.8, 4) is 11.8 Å². The summed E-state index contributed by atoms with van der Waals surface area (Å²) in [5, 5.41) is 13.9. The van der Waals surface area contributed by atoms with Crippen LogP contribution in [0.2, 0.25) is 0 Å². The second-order valence-electron chi connectivity index (χ2n) is 10.8. The molecule has 3 heterocycles. The lowest BCUT2D eigenvalue weighted by Crippen LogP contribution is -2.34. The fourth-order valence-corrected chi connectivity index (χ4v) is 6.18. The van der Waals surface area contributed by atoms with E-state index in [-0.39, 0.29) is 17.6 Å². The molecule has 40 heavy (non-hydrogen) atoms. The first-order chi connectivity index (χ1) is 19.6. The molecule has 0 bridgehead atoms. The van der Waals surface area contributed by atoms with Gasteiger partial charge < -0.3 is 4.90 Å². The van der Waals surface area contributed by atoms with E-state index in [1.165, 1.54) is 17.7 Å². The smallest absolute Gasteiger partial charge is 0.257 e. The maximum Gasteiger partial charge on any atom is 0.257 e. The lowest BCUT2D eigenvalue weighted by molar-refractivity contribution is 0.0788. The predicted octanol–water partition coefficient (Wildman–Crippen LogP) is 5.89. The number of amides is 1. The molecule has 2 saturated heterocycles. The third-order valence-electron chi connectivity index (χ3n) is 8.29. The van der Waals surface area contributed by atoms with Crippen LogP contribution in [0.3, 0.4) is 0 Å². The highest BCUT2D eigenvalue weighted by Gasteiger charge is 2.34. The maximum absolute atomic E-state index is 13.9. The Morgan fingerprint density at radius 3 is 2.42 bits per heavy atom. The van der Waals surface area contributed by atoms with E-state index in [9.17, 15) is 14.4 Å². The van der Waals surface area contributed by atoms with Crippen LogP contribution in [-0.2, 0) is 6.54 Å². The molecule has 1 atom stereocenters. The molecule has 2 aliphatic heterocycles. The van der Waals surface area contributed by atoms with E-state index >= 15 is 0 Å². The number of likely N-dealkylation sites (tertiary alicyclic amines) is 2. The van der Waals surface area contributed by atoms with Gasteiger partial charge in [0.1, 0.15) is 5.82 Å². The first-order valence-corrected chi connectivity index (χ1v) is 14.0. The van der Waals surface area contributed by atoms with Crippen molar-refractivity contribution in [1.29, 1.82) is 5.26 Å². The molecule has 2 fully saturated rings. The predicted molar refractivity (Wildman–Crippen MR) is 152 cm³/mol. The number of hydrogen-bond acceptors (Lipinski definition) is 4. The summed E-state index contributed by atoms with van der Waals surface area (Å²) >= 11 is 0. The lowest BCUT2D eigenvalue weighted by Gasteiger charge is -2.33. The van der Waals surface area contributed by atoms with Crippen molar-refractivity contribution in [2.24, 2.45) is 0 Å². The molecule has 4 aromatic rings. The third-order valence-corrected chi connectivity index (χ3v) is 8.29. The summed E-state index contributed by atoms with van der Waals surface area (Å²) in [4.78, 5) is 18.3. The Morgan fingerprint density at radius 2 is 1.68 bits per heavy atom. The molecule has 0 saturated carbocycles. The zero-order valence-electron chi connectivity index (χ0n) is 22.4. The largest absolute Gasteiger partial charge is 0.338 e. The van der Waals surface area contributed by atoms with Crippen molar-refractivity contribution < 1.29 is 9.18 Å². The fraction of sp³-hybridized carbons (Fsp3) is 0.303. The first-order valence-electron chi connectivity index (χ1n) is 14.0. The summed E-state index contributed by atoms with van der Waals surface area (Å²) in [6.07, 6.45) is 4.43. The van der Waals surface area contributed by atoms with Gasteiger partial charge in [-0.05, 0) is 79.9 Å². The zero-order chi connectivity index (χ0) is 27.5. The maximum atomic E-state index is 13.9. The first kappa shape index (κ1) is 26.0. The van der Waals surface area contributed by atoms with E-state index in [0.717, 1.165) is 62.4 Å². The van der Waals surface area contributed by atoms with Crippen LogP contribution in [0.1, 0.15) is 63.8 Å². The number of carbonyl (C=O) groups excluding carboxylic acids is 1. The Labute approximate surface area is 234 Å². The topological polar surface area (TPSA) is 65.2 Å². The molecular formula is C33H32FN5O. The zero-order valence-corrected chi connectivity index (χ0v) is 22.4. The Balaban J connectivity index is 1.23. The van der Waals surface area contributed by atoms with Crippen molar-refractivity contribution in [3.63, 3.8) is 0 Å². The Bertz CT molecular complexity index is 1520. The van der Waals surface area contributed by atoms with Crippen LogP contribution in [-0.4, -0.2) is 51.7 Å². The van der Waals surface area contributed by atoms with E-state index in [1.54, 1.807) is 18.3 Å². The molecule has 1 amide bonds. The van der Waals surface area contributed by atoms with Crippen LogP contribution in [0.15, 0.2) is 85.1 Å². The van der Waals surface area contributed by atoms with Gasteiger partial charge in [0.15, 0.2) is 0 Å². The summed E-state index contributed by atoms with van der Waals surface area (Å²) < 4.78 is 15.6. The summed E-state index contributed by atoms with van der Waals surface area (Å²) in [5.74, 6) is 0.216. The number of carbonyl (C=O) groups is 1. The SMILES string of the molecule is N#Cc1cccc(CN2CCC(c3c(C(=O)N4CCC(c5ccccc5)C4)cnn3-c3ccc(F)cc3)CC2)c1. The summed E-state index contributed by atoms with van der Waals surface area (Å²) in [7, 11) is 0. The normalized spacial score (nSPS) is 18.1. The Kier molecular flexibility index (Phi) is 7.43. The Morgan fingerprint density at radius 1 is 0.925 bits per heavy atom. The molecule has 1 unspecified atom stereocenters. The van der Waals surface area contributed by atoms with Crippen molar-refractivity contribution in [1.82, 2.24) is 19.6 Å². The number of piperidine rings is 1. The summed E-state index contributed by atoms with van der Waals surface area (Å²) in [6, 6.07) is 26.7. The van der Waals surface area contributed by atoms with Gasteiger partial charge in [-0.3, -0.25) is 9.69 Å². The summed E-state index contributed by atoms with van der Waals surface area (Å²) in [5.41, 5.74) is 5.41. The minimum atomic E-state index is -0.299. The monoisotopic (exact) mass is 533 g/mol. The second-order valence-corrected chi connectivity index (χ2v) is 10.8. The fourth-order valence-electron chi connectivity index (χ4n) is 6.18. The molecule has 0 aliphatic carbocycles. The van der Waals surface area contributed by atoms with Gasteiger partial charge in [-0.15, -0.1) is 0 Å². The molecule has 6 nitrogen and oxygen atoms in total. The van der Waals surface area contributed by atoms with Gasteiger partial charge in [0.2, 0.25) is 0 Å². The van der Waals surface area contributed by atoms with Gasteiger partial charge in [-0.25, -0.2) is 9.07 Å². The van der Waals surface area contributed by atoms with Crippen LogP contribution in [0.5, 0.6) is 0 Å². The Hall–Kier alpha value is -4.28. The average molecular weight is 534 g/mol. The molecule has 7 heteroatoms. The van der Waals surface area contributed by atoms with Gasteiger partial charge in [-0.2, -0.15) is 10.4 Å². The average Bonchev–Trinajstić information content (AvgIpc) is 3.67. The number of halogens is 1. The van der Waals surface area contributed by atoms with Crippen LogP contribution < -0.4 is 0 Å². The van der Waals surface area contributed by atoms with Crippen molar-refractivity contribution in [2.45, 2.75) is 37.6 Å². The van der Waals surface area contributed by atoms with E-state index in [2.05, 4.69) is 46.4 Å².